The van der Waals surface area contributed by atoms with Gasteiger partial charge in [0, 0.05) is 6.92 Å². The van der Waals surface area contributed by atoms with Gasteiger partial charge in [0.05, 0.1) is 19.8 Å². The van der Waals surface area contributed by atoms with Gasteiger partial charge in [-0.2, -0.15) is 0 Å². The highest BCUT2D eigenvalue weighted by molar-refractivity contribution is 5.73. The van der Waals surface area contributed by atoms with Gasteiger partial charge in [-0.25, -0.2) is 0 Å². The number of hydrogen-bond acceptors (Lipinski definition) is 16. The summed E-state index contributed by atoms with van der Waals surface area (Å²) in [5.41, 5.74) is 0. The number of aliphatic hydroxyl groups excluding tert-OH is 10. The molecule has 3 aliphatic heterocycles. The third-order valence-corrected chi connectivity index (χ3v) is 6.49. The number of ether oxygens (including phenoxy) is 5. The maximum atomic E-state index is 11.7. The first-order valence-corrected chi connectivity index (χ1v) is 11.6. The molecule has 17 nitrogen and oxygen atoms in total. The minimum Gasteiger partial charge on any atom is -0.394 e. The lowest BCUT2D eigenvalue weighted by Crippen LogP contribution is -2.68. The molecule has 3 saturated heterocycles. The van der Waals surface area contributed by atoms with Crippen molar-refractivity contribution >= 4 is 5.91 Å². The highest BCUT2D eigenvalue weighted by Gasteiger charge is 2.53. The van der Waals surface area contributed by atoms with Gasteiger partial charge in [0.15, 0.2) is 18.9 Å². The average molecular weight is 545 g/mol. The zero-order chi connectivity index (χ0) is 27.6. The van der Waals surface area contributed by atoms with Crippen LogP contribution in [-0.4, -0.2) is 169 Å². The molecule has 0 aromatic heterocycles. The van der Waals surface area contributed by atoms with Crippen molar-refractivity contribution in [1.82, 2.24) is 5.32 Å². The monoisotopic (exact) mass is 545 g/mol. The molecule has 3 aliphatic rings. The predicted octanol–water partition coefficient (Wildman–Crippen LogP) is -7.43. The molecule has 0 aliphatic carbocycles. The lowest BCUT2D eigenvalue weighted by Gasteiger charge is -2.48. The molecule has 11 N–H and O–H groups in total. The molecule has 1 amide bonds. The van der Waals surface area contributed by atoms with Crippen LogP contribution in [0.4, 0.5) is 0 Å². The van der Waals surface area contributed by atoms with E-state index in [4.69, 9.17) is 23.7 Å². The van der Waals surface area contributed by atoms with Gasteiger partial charge in [0.2, 0.25) is 5.91 Å². The van der Waals surface area contributed by atoms with Crippen molar-refractivity contribution in [2.45, 2.75) is 99.0 Å². The van der Waals surface area contributed by atoms with Crippen molar-refractivity contribution in [3.63, 3.8) is 0 Å². The SMILES string of the molecule is CC(=O)N[C@H]1[C@H](O[C@H]2[C@@H](O)[C@@H](CO)O[C@@H](O[C@@H]3[C@H](O)[C@@H](O)[C@H](O)O[C@@H]3CO)[C@@H]2O)O[C@H](CO)[C@@H](O)[C@@H]1O. The van der Waals surface area contributed by atoms with Gasteiger partial charge in [-0.1, -0.05) is 0 Å². The quantitative estimate of drug-likeness (QED) is 0.135. The van der Waals surface area contributed by atoms with Gasteiger partial charge in [0.25, 0.3) is 0 Å². The molecule has 0 aromatic carbocycles. The lowest BCUT2D eigenvalue weighted by molar-refractivity contribution is -0.373. The van der Waals surface area contributed by atoms with Crippen molar-refractivity contribution in [2.24, 2.45) is 0 Å². The highest BCUT2D eigenvalue weighted by Crippen LogP contribution is 2.32. The lowest BCUT2D eigenvalue weighted by atomic mass is 9.95. The van der Waals surface area contributed by atoms with E-state index in [1.807, 2.05) is 0 Å². The summed E-state index contributed by atoms with van der Waals surface area (Å²) < 4.78 is 27.0. The molecule has 15 atom stereocenters. The summed E-state index contributed by atoms with van der Waals surface area (Å²) in [4.78, 5) is 11.7. The average Bonchev–Trinajstić information content (AvgIpc) is 2.86. The Morgan fingerprint density at radius 2 is 1.19 bits per heavy atom. The first-order chi connectivity index (χ1) is 17.4. The number of carbonyl (C=O) groups excluding carboxylic acids is 1. The van der Waals surface area contributed by atoms with E-state index in [0.29, 0.717) is 0 Å². The molecule has 0 unspecified atom stereocenters. The molecule has 3 rings (SSSR count). The number of amides is 1. The molecule has 37 heavy (non-hydrogen) atoms. The second-order valence-corrected chi connectivity index (χ2v) is 9.07. The Labute approximate surface area is 210 Å². The second kappa shape index (κ2) is 12.8. The van der Waals surface area contributed by atoms with Gasteiger partial charge in [0.1, 0.15) is 73.2 Å². The molecule has 0 bridgehead atoms. The molecular weight excluding hydrogens is 510 g/mol. The Kier molecular flexibility index (Phi) is 10.5. The van der Waals surface area contributed by atoms with E-state index in [2.05, 4.69) is 5.32 Å². The fourth-order valence-electron chi connectivity index (χ4n) is 4.46. The van der Waals surface area contributed by atoms with Crippen molar-refractivity contribution < 1.29 is 79.5 Å². The Morgan fingerprint density at radius 1 is 0.649 bits per heavy atom. The number of rotatable bonds is 8. The Morgan fingerprint density at radius 3 is 1.76 bits per heavy atom. The minimum absolute atomic E-state index is 0.652. The molecule has 0 saturated carbocycles. The summed E-state index contributed by atoms with van der Waals surface area (Å²) in [7, 11) is 0. The van der Waals surface area contributed by atoms with Crippen molar-refractivity contribution in [2.75, 3.05) is 19.8 Å². The van der Waals surface area contributed by atoms with Crippen molar-refractivity contribution in [3.8, 4) is 0 Å². The smallest absolute Gasteiger partial charge is 0.217 e. The third kappa shape index (κ3) is 6.38. The second-order valence-electron chi connectivity index (χ2n) is 9.07. The molecule has 0 aromatic rings. The highest BCUT2D eigenvalue weighted by atomic mass is 16.7. The maximum Gasteiger partial charge on any atom is 0.217 e. The summed E-state index contributed by atoms with van der Waals surface area (Å²) in [5, 5.41) is 103. The van der Waals surface area contributed by atoms with E-state index in [0.717, 1.165) is 6.92 Å². The number of hydrogen-bond donors (Lipinski definition) is 11. The molecule has 3 fully saturated rings. The summed E-state index contributed by atoms with van der Waals surface area (Å²) in [6, 6.07) is -1.42. The summed E-state index contributed by atoms with van der Waals surface area (Å²) in [6.45, 7) is -1.25. The van der Waals surface area contributed by atoms with E-state index in [1.54, 1.807) is 0 Å². The van der Waals surface area contributed by atoms with Crippen LogP contribution in [0.3, 0.4) is 0 Å². The molecule has 0 radical (unpaired) electrons. The van der Waals surface area contributed by atoms with E-state index >= 15 is 0 Å². The van der Waals surface area contributed by atoms with Gasteiger partial charge < -0.3 is 80.1 Å². The van der Waals surface area contributed by atoms with Crippen LogP contribution in [-0.2, 0) is 28.5 Å². The van der Waals surface area contributed by atoms with Gasteiger partial charge in [-0.3, -0.25) is 4.79 Å². The first-order valence-electron chi connectivity index (χ1n) is 11.6. The van der Waals surface area contributed by atoms with Crippen molar-refractivity contribution in [1.29, 1.82) is 0 Å². The van der Waals surface area contributed by atoms with Gasteiger partial charge in [-0.15, -0.1) is 0 Å². The summed E-state index contributed by atoms with van der Waals surface area (Å²) in [6.07, 6.45) is -23.4. The fourth-order valence-corrected chi connectivity index (χ4v) is 4.46. The Hall–Kier alpha value is -1.13. The molecular formula is C20H35NO16. The standard InChI is InChI=1S/C20H35NO16/c1-5(25)21-9-12(28)10(26)6(2-22)34-19(9)37-17-11(27)7(3-23)35-20(15(17)31)36-16-8(4-24)33-18(32)14(30)13(16)29/h6-20,22-24,26-32H,2-4H2,1H3,(H,21,25)/t6-,7-,8-,9-,10-,11+,12-,13-,14-,15-,16+,17+,18-,19+,20+/m1/s1. The van der Waals surface area contributed by atoms with E-state index < -0.39 is 118 Å². The fraction of sp³-hybridized carbons (Fsp3) is 0.950. The van der Waals surface area contributed by atoms with Crippen LogP contribution in [0, 0.1) is 0 Å². The maximum absolute atomic E-state index is 11.7. The Balaban J connectivity index is 1.83. The first kappa shape index (κ1) is 30.4. The van der Waals surface area contributed by atoms with Crippen LogP contribution < -0.4 is 5.32 Å². The summed E-state index contributed by atoms with van der Waals surface area (Å²) in [5.74, 6) is -0.652. The van der Waals surface area contributed by atoms with Crippen molar-refractivity contribution in [3.05, 3.63) is 0 Å². The van der Waals surface area contributed by atoms with Crippen LogP contribution in [0.5, 0.6) is 0 Å². The topological polar surface area (TPSA) is 278 Å². The zero-order valence-electron chi connectivity index (χ0n) is 19.7. The summed E-state index contributed by atoms with van der Waals surface area (Å²) >= 11 is 0. The van der Waals surface area contributed by atoms with Crippen LogP contribution in [0.25, 0.3) is 0 Å². The van der Waals surface area contributed by atoms with Gasteiger partial charge in [-0.05, 0) is 0 Å². The number of nitrogens with one attached hydrogen (secondary N) is 1. The largest absolute Gasteiger partial charge is 0.394 e. The molecule has 17 heteroatoms. The number of carbonyl (C=O) groups is 1. The predicted molar refractivity (Wildman–Crippen MR) is 113 cm³/mol. The third-order valence-electron chi connectivity index (χ3n) is 6.49. The van der Waals surface area contributed by atoms with Crippen LogP contribution in [0.2, 0.25) is 0 Å². The Bertz CT molecular complexity index is 745. The minimum atomic E-state index is -1.91. The van der Waals surface area contributed by atoms with Crippen LogP contribution >= 0.6 is 0 Å². The van der Waals surface area contributed by atoms with E-state index in [-0.39, 0.29) is 0 Å². The van der Waals surface area contributed by atoms with E-state index in [9.17, 15) is 55.9 Å². The van der Waals surface area contributed by atoms with E-state index in [1.165, 1.54) is 0 Å². The normalized spacial score (nSPS) is 49.0. The number of aliphatic hydroxyl groups is 10. The molecule has 0 spiro atoms. The molecule has 216 valence electrons. The molecule has 3 heterocycles. The van der Waals surface area contributed by atoms with Crippen LogP contribution in [0.15, 0.2) is 0 Å². The van der Waals surface area contributed by atoms with Crippen LogP contribution in [0.1, 0.15) is 6.92 Å². The van der Waals surface area contributed by atoms with Gasteiger partial charge >= 0.3 is 0 Å². The zero-order valence-corrected chi connectivity index (χ0v) is 19.7.